The van der Waals surface area contributed by atoms with Crippen molar-refractivity contribution < 1.29 is 4.74 Å². The van der Waals surface area contributed by atoms with Crippen LogP contribution in [0.3, 0.4) is 0 Å². The first-order valence-electron chi connectivity index (χ1n) is 5.33. The van der Waals surface area contributed by atoms with Crippen molar-refractivity contribution in [2.24, 2.45) is 10.3 Å². The standard InChI is InChI=1S/C10H15N3OS/c1-14-10(7-11-15-12-10)9-6-13-4-2-8(9)3-5-13/h6-8,12H,2-5H2,1H3. The van der Waals surface area contributed by atoms with Crippen molar-refractivity contribution in [2.45, 2.75) is 18.6 Å². The zero-order valence-electron chi connectivity index (χ0n) is 8.77. The Hall–Kier alpha value is -0.520. The summed E-state index contributed by atoms with van der Waals surface area (Å²) in [6, 6.07) is 0. The van der Waals surface area contributed by atoms with Gasteiger partial charge in [-0.2, -0.15) is 0 Å². The Kier molecular flexibility index (Phi) is 2.26. The number of rotatable bonds is 2. The lowest BCUT2D eigenvalue weighted by Gasteiger charge is -2.43. The summed E-state index contributed by atoms with van der Waals surface area (Å²) in [4.78, 5) is 2.38. The molecule has 0 saturated carbocycles. The van der Waals surface area contributed by atoms with Crippen molar-refractivity contribution in [1.82, 2.24) is 9.62 Å². The largest absolute Gasteiger partial charge is 0.377 e. The lowest BCUT2D eigenvalue weighted by molar-refractivity contribution is 0.0559. The SMILES string of the molecule is COC1(C2=CN3CCC2CC3)C=NSN1. The third-order valence-corrected chi connectivity index (χ3v) is 4.13. The maximum absolute atomic E-state index is 5.61. The Morgan fingerprint density at radius 1 is 1.60 bits per heavy atom. The molecule has 1 unspecified atom stereocenters. The maximum atomic E-state index is 5.61. The van der Waals surface area contributed by atoms with Gasteiger partial charge in [-0.1, -0.05) is 0 Å². The van der Waals surface area contributed by atoms with Gasteiger partial charge in [0.1, 0.15) is 0 Å². The number of piperidine rings is 1. The first-order chi connectivity index (χ1) is 7.34. The number of nitrogens with zero attached hydrogens (tertiary/aromatic N) is 2. The van der Waals surface area contributed by atoms with Crippen molar-refractivity contribution in [3.05, 3.63) is 11.8 Å². The van der Waals surface area contributed by atoms with Crippen LogP contribution in [0.2, 0.25) is 0 Å². The predicted octanol–water partition coefficient (Wildman–Crippen LogP) is 1.18. The summed E-state index contributed by atoms with van der Waals surface area (Å²) in [7, 11) is 1.74. The quantitative estimate of drug-likeness (QED) is 0.716. The summed E-state index contributed by atoms with van der Waals surface area (Å²) in [6.45, 7) is 2.39. The van der Waals surface area contributed by atoms with E-state index in [0.717, 1.165) is 0 Å². The zero-order valence-corrected chi connectivity index (χ0v) is 9.59. The molecule has 1 N–H and O–H groups in total. The molecule has 0 aromatic heterocycles. The van der Waals surface area contributed by atoms with Gasteiger partial charge >= 0.3 is 0 Å². The van der Waals surface area contributed by atoms with Gasteiger partial charge in [0.25, 0.3) is 0 Å². The molecule has 0 aliphatic carbocycles. The van der Waals surface area contributed by atoms with Crippen LogP contribution in [-0.4, -0.2) is 37.0 Å². The molecule has 0 aromatic rings. The van der Waals surface area contributed by atoms with Crippen LogP contribution >= 0.6 is 12.1 Å². The Labute approximate surface area is 94.0 Å². The van der Waals surface area contributed by atoms with Crippen LogP contribution in [0.15, 0.2) is 16.2 Å². The third-order valence-electron chi connectivity index (χ3n) is 3.53. The molecule has 2 bridgehead atoms. The molecule has 4 rings (SSSR count). The molecule has 1 fully saturated rings. The normalized spacial score (nSPS) is 35.0. The highest BCUT2D eigenvalue weighted by Crippen LogP contribution is 2.39. The van der Waals surface area contributed by atoms with E-state index < -0.39 is 5.72 Å². The lowest BCUT2D eigenvalue weighted by atomic mass is 9.81. The van der Waals surface area contributed by atoms with E-state index >= 15 is 0 Å². The highest BCUT2D eigenvalue weighted by Gasteiger charge is 2.43. The van der Waals surface area contributed by atoms with E-state index in [4.69, 9.17) is 4.74 Å². The van der Waals surface area contributed by atoms with Gasteiger partial charge in [0.2, 0.25) is 0 Å². The van der Waals surface area contributed by atoms with Crippen LogP contribution in [0, 0.1) is 5.92 Å². The number of fused-ring (bicyclic) bond motifs is 2. The smallest absolute Gasteiger partial charge is 0.190 e. The first kappa shape index (κ1) is 9.69. The Morgan fingerprint density at radius 2 is 2.40 bits per heavy atom. The average Bonchev–Trinajstić information content (AvgIpc) is 2.80. The molecular formula is C10H15N3OS. The van der Waals surface area contributed by atoms with E-state index in [1.54, 1.807) is 7.11 Å². The van der Waals surface area contributed by atoms with Gasteiger partial charge in [-0.05, 0) is 18.8 Å². The van der Waals surface area contributed by atoms with Crippen molar-refractivity contribution in [3.8, 4) is 0 Å². The van der Waals surface area contributed by atoms with Crippen molar-refractivity contribution in [3.63, 3.8) is 0 Å². The van der Waals surface area contributed by atoms with Crippen LogP contribution in [0.25, 0.3) is 0 Å². The number of hydrogen-bond donors (Lipinski definition) is 1. The minimum Gasteiger partial charge on any atom is -0.377 e. The first-order valence-corrected chi connectivity index (χ1v) is 6.10. The van der Waals surface area contributed by atoms with Gasteiger partial charge in [0, 0.05) is 32.0 Å². The van der Waals surface area contributed by atoms with Gasteiger partial charge in [-0.15, -0.1) is 0 Å². The summed E-state index contributed by atoms with van der Waals surface area (Å²) in [5.41, 5.74) is 0.894. The predicted molar refractivity (Wildman–Crippen MR) is 61.3 cm³/mol. The average molecular weight is 225 g/mol. The molecule has 1 saturated heterocycles. The molecule has 4 heterocycles. The van der Waals surface area contributed by atoms with Gasteiger partial charge in [-0.25, -0.2) is 9.12 Å². The number of ether oxygens (including phenoxy) is 1. The lowest BCUT2D eigenvalue weighted by Crippen LogP contribution is -2.51. The third kappa shape index (κ3) is 1.41. The molecule has 4 aliphatic heterocycles. The van der Waals surface area contributed by atoms with Gasteiger partial charge < -0.3 is 9.64 Å². The van der Waals surface area contributed by atoms with Crippen LogP contribution in [-0.2, 0) is 4.74 Å². The minimum atomic E-state index is -0.450. The fourth-order valence-corrected chi connectivity index (χ4v) is 3.25. The molecule has 0 radical (unpaired) electrons. The second-order valence-electron chi connectivity index (χ2n) is 4.26. The second-order valence-corrected chi connectivity index (χ2v) is 4.86. The Morgan fingerprint density at radius 3 is 2.87 bits per heavy atom. The molecule has 82 valence electrons. The van der Waals surface area contributed by atoms with E-state index in [1.807, 2.05) is 6.21 Å². The number of nitrogens with one attached hydrogen (secondary N) is 1. The number of hydrogen-bond acceptors (Lipinski definition) is 5. The van der Waals surface area contributed by atoms with Crippen LogP contribution in [0.5, 0.6) is 0 Å². The van der Waals surface area contributed by atoms with Crippen LogP contribution < -0.4 is 4.72 Å². The van der Waals surface area contributed by atoms with Crippen LogP contribution in [0.1, 0.15) is 12.8 Å². The molecule has 15 heavy (non-hydrogen) atoms. The Bertz CT molecular complexity index is 323. The fourth-order valence-electron chi connectivity index (χ4n) is 2.61. The minimum absolute atomic E-state index is 0.450. The summed E-state index contributed by atoms with van der Waals surface area (Å²) >= 11 is 1.36. The van der Waals surface area contributed by atoms with E-state index in [0.29, 0.717) is 5.92 Å². The summed E-state index contributed by atoms with van der Waals surface area (Å²) < 4.78 is 13.0. The van der Waals surface area contributed by atoms with E-state index in [-0.39, 0.29) is 0 Å². The summed E-state index contributed by atoms with van der Waals surface area (Å²) in [6.07, 6.45) is 6.63. The Balaban J connectivity index is 1.95. The molecule has 4 aliphatic rings. The highest BCUT2D eigenvalue weighted by molar-refractivity contribution is 7.96. The topological polar surface area (TPSA) is 36.9 Å². The van der Waals surface area contributed by atoms with Gasteiger partial charge in [-0.3, -0.25) is 0 Å². The molecule has 0 spiro atoms. The van der Waals surface area contributed by atoms with E-state index in [9.17, 15) is 0 Å². The van der Waals surface area contributed by atoms with Gasteiger partial charge in [0.15, 0.2) is 5.72 Å². The second kappa shape index (κ2) is 3.50. The molecule has 4 nitrogen and oxygen atoms in total. The fraction of sp³-hybridized carbons (Fsp3) is 0.700. The molecular weight excluding hydrogens is 210 g/mol. The zero-order chi connectivity index (χ0) is 10.3. The highest BCUT2D eigenvalue weighted by atomic mass is 32.2. The molecule has 0 aromatic carbocycles. The summed E-state index contributed by atoms with van der Waals surface area (Å²) in [5, 5.41) is 0. The maximum Gasteiger partial charge on any atom is 0.190 e. The molecule has 5 heteroatoms. The summed E-state index contributed by atoms with van der Waals surface area (Å²) in [5.74, 6) is 0.660. The number of methoxy groups -OCH3 is 1. The van der Waals surface area contributed by atoms with E-state index in [2.05, 4.69) is 20.2 Å². The molecule has 0 amide bonds. The van der Waals surface area contributed by atoms with Gasteiger partial charge in [0.05, 0.1) is 18.3 Å². The monoisotopic (exact) mass is 225 g/mol. The van der Waals surface area contributed by atoms with Crippen molar-refractivity contribution in [2.75, 3.05) is 20.2 Å². The van der Waals surface area contributed by atoms with Crippen molar-refractivity contribution >= 4 is 18.3 Å². The van der Waals surface area contributed by atoms with E-state index in [1.165, 1.54) is 43.6 Å². The molecule has 1 atom stereocenters. The van der Waals surface area contributed by atoms with Crippen LogP contribution in [0.4, 0.5) is 0 Å². The van der Waals surface area contributed by atoms with Crippen molar-refractivity contribution in [1.29, 1.82) is 0 Å².